The third-order valence-electron chi connectivity index (χ3n) is 4.45. The Balaban J connectivity index is 1.97. The standard InChI is InChI=1S/C16H16Cl2N6/c1-10-3-6-23(7-4-10)16-13(14-11(17)8-19-9-20-14)15(18)22-12-2-5-21-24(12)16/h2,5,8-10H,3-4,6-7H2,1H3. The molecule has 0 aliphatic carbocycles. The molecule has 0 unspecified atom stereocenters. The first kappa shape index (κ1) is 15.6. The van der Waals surface area contributed by atoms with Gasteiger partial charge in [-0.3, -0.25) is 0 Å². The molecule has 1 saturated heterocycles. The van der Waals surface area contributed by atoms with Gasteiger partial charge in [0.25, 0.3) is 0 Å². The Morgan fingerprint density at radius 3 is 2.75 bits per heavy atom. The second-order valence-electron chi connectivity index (χ2n) is 6.09. The Hall–Kier alpha value is -1.92. The minimum absolute atomic E-state index is 0.372. The van der Waals surface area contributed by atoms with Crippen LogP contribution in [0.1, 0.15) is 19.8 Å². The summed E-state index contributed by atoms with van der Waals surface area (Å²) in [6, 6.07) is 1.84. The van der Waals surface area contributed by atoms with Crippen molar-refractivity contribution in [3.05, 3.63) is 35.0 Å². The van der Waals surface area contributed by atoms with Crippen molar-refractivity contribution in [2.75, 3.05) is 18.0 Å². The molecule has 0 saturated carbocycles. The molecule has 124 valence electrons. The Morgan fingerprint density at radius 1 is 1.21 bits per heavy atom. The van der Waals surface area contributed by atoms with Crippen LogP contribution in [0.4, 0.5) is 5.82 Å². The average Bonchev–Trinajstić information content (AvgIpc) is 3.03. The van der Waals surface area contributed by atoms with E-state index in [4.69, 9.17) is 23.2 Å². The lowest BCUT2D eigenvalue weighted by atomic mass is 9.99. The normalized spacial score (nSPS) is 16.0. The van der Waals surface area contributed by atoms with Crippen LogP contribution in [-0.4, -0.2) is 37.7 Å². The highest BCUT2D eigenvalue weighted by atomic mass is 35.5. The predicted octanol–water partition coefficient (Wildman–Crippen LogP) is 3.73. The summed E-state index contributed by atoms with van der Waals surface area (Å²) in [6.07, 6.45) is 7.00. The molecule has 4 heterocycles. The molecule has 8 heteroatoms. The van der Waals surface area contributed by atoms with Gasteiger partial charge in [-0.1, -0.05) is 30.1 Å². The lowest BCUT2D eigenvalue weighted by Gasteiger charge is -2.33. The molecule has 1 aliphatic heterocycles. The van der Waals surface area contributed by atoms with Crippen LogP contribution in [-0.2, 0) is 0 Å². The molecule has 0 aromatic carbocycles. The molecule has 0 N–H and O–H groups in total. The first-order valence-corrected chi connectivity index (χ1v) is 8.65. The number of halogens is 2. The molecule has 0 radical (unpaired) electrons. The van der Waals surface area contributed by atoms with Crippen LogP contribution in [0, 0.1) is 5.92 Å². The summed E-state index contributed by atoms with van der Waals surface area (Å²) in [6.45, 7) is 4.15. The van der Waals surface area contributed by atoms with E-state index in [1.54, 1.807) is 12.4 Å². The summed E-state index contributed by atoms with van der Waals surface area (Å²) < 4.78 is 1.82. The van der Waals surface area contributed by atoms with E-state index < -0.39 is 0 Å². The second-order valence-corrected chi connectivity index (χ2v) is 6.86. The Bertz CT molecular complexity index is 885. The molecule has 0 bridgehead atoms. The van der Waals surface area contributed by atoms with Gasteiger partial charge >= 0.3 is 0 Å². The molecule has 3 aromatic heterocycles. The van der Waals surface area contributed by atoms with E-state index in [1.807, 2.05) is 10.6 Å². The zero-order valence-corrected chi connectivity index (χ0v) is 14.7. The first-order valence-electron chi connectivity index (χ1n) is 7.89. The zero-order chi connectivity index (χ0) is 16.7. The van der Waals surface area contributed by atoms with Crippen LogP contribution in [0.25, 0.3) is 16.9 Å². The van der Waals surface area contributed by atoms with Crippen molar-refractivity contribution < 1.29 is 0 Å². The minimum atomic E-state index is 0.372. The number of piperidine rings is 1. The van der Waals surface area contributed by atoms with Crippen molar-refractivity contribution in [1.29, 1.82) is 0 Å². The summed E-state index contributed by atoms with van der Waals surface area (Å²) in [7, 11) is 0. The Kier molecular flexibility index (Phi) is 4.02. The predicted molar refractivity (Wildman–Crippen MR) is 94.6 cm³/mol. The third kappa shape index (κ3) is 2.59. The fourth-order valence-electron chi connectivity index (χ4n) is 3.11. The average molecular weight is 363 g/mol. The highest BCUT2D eigenvalue weighted by Crippen LogP contribution is 2.39. The summed E-state index contributed by atoms with van der Waals surface area (Å²) in [5, 5.41) is 5.25. The van der Waals surface area contributed by atoms with E-state index >= 15 is 0 Å². The van der Waals surface area contributed by atoms with Gasteiger partial charge in [-0.05, 0) is 18.8 Å². The fraction of sp³-hybridized carbons (Fsp3) is 0.375. The molecular formula is C16H16Cl2N6. The van der Waals surface area contributed by atoms with Crippen molar-refractivity contribution in [1.82, 2.24) is 24.6 Å². The number of aromatic nitrogens is 5. The third-order valence-corrected chi connectivity index (χ3v) is 5.00. The topological polar surface area (TPSA) is 59.2 Å². The van der Waals surface area contributed by atoms with Crippen molar-refractivity contribution in [3.8, 4) is 11.3 Å². The van der Waals surface area contributed by atoms with Crippen LogP contribution < -0.4 is 4.90 Å². The zero-order valence-electron chi connectivity index (χ0n) is 13.2. The number of rotatable bonds is 2. The molecule has 3 aromatic rings. The van der Waals surface area contributed by atoms with Gasteiger partial charge in [0.15, 0.2) is 5.65 Å². The SMILES string of the molecule is CC1CCN(c2c(-c3ncncc3Cl)c(Cl)nc3ccnn23)CC1. The molecule has 1 fully saturated rings. The van der Waals surface area contributed by atoms with E-state index in [2.05, 4.69) is 31.9 Å². The van der Waals surface area contributed by atoms with Gasteiger partial charge in [-0.15, -0.1) is 0 Å². The van der Waals surface area contributed by atoms with Crippen LogP contribution in [0.5, 0.6) is 0 Å². The summed E-state index contributed by atoms with van der Waals surface area (Å²) in [4.78, 5) is 15.0. The quantitative estimate of drug-likeness (QED) is 0.650. The Morgan fingerprint density at radius 2 is 2.00 bits per heavy atom. The van der Waals surface area contributed by atoms with E-state index in [9.17, 15) is 0 Å². The molecule has 6 nitrogen and oxygen atoms in total. The van der Waals surface area contributed by atoms with Gasteiger partial charge in [0.1, 0.15) is 17.3 Å². The number of hydrogen-bond donors (Lipinski definition) is 0. The van der Waals surface area contributed by atoms with E-state index in [1.165, 1.54) is 6.33 Å². The van der Waals surface area contributed by atoms with Gasteiger partial charge in [0, 0.05) is 25.4 Å². The van der Waals surface area contributed by atoms with Crippen molar-refractivity contribution in [3.63, 3.8) is 0 Å². The maximum atomic E-state index is 6.52. The van der Waals surface area contributed by atoms with Gasteiger partial charge in [0.2, 0.25) is 0 Å². The summed E-state index contributed by atoms with van der Waals surface area (Å²) >= 11 is 12.9. The molecular weight excluding hydrogens is 347 g/mol. The van der Waals surface area contributed by atoms with Gasteiger partial charge in [0.05, 0.1) is 22.5 Å². The van der Waals surface area contributed by atoms with Crippen LogP contribution in [0.15, 0.2) is 24.8 Å². The number of anilines is 1. The Labute approximate surface area is 149 Å². The van der Waals surface area contributed by atoms with Crippen LogP contribution >= 0.6 is 23.2 Å². The van der Waals surface area contributed by atoms with E-state index in [-0.39, 0.29) is 0 Å². The number of fused-ring (bicyclic) bond motifs is 1. The summed E-state index contributed by atoms with van der Waals surface area (Å²) in [5.41, 5.74) is 1.99. The van der Waals surface area contributed by atoms with Gasteiger partial charge in [-0.2, -0.15) is 9.61 Å². The summed E-state index contributed by atoms with van der Waals surface area (Å²) in [5.74, 6) is 1.61. The van der Waals surface area contributed by atoms with Crippen LogP contribution in [0.3, 0.4) is 0 Å². The second kappa shape index (κ2) is 6.18. The highest BCUT2D eigenvalue weighted by Gasteiger charge is 2.26. The maximum absolute atomic E-state index is 6.52. The molecule has 0 spiro atoms. The maximum Gasteiger partial charge on any atom is 0.159 e. The van der Waals surface area contributed by atoms with Crippen molar-refractivity contribution >= 4 is 34.7 Å². The fourth-order valence-corrected chi connectivity index (χ4v) is 3.57. The monoisotopic (exact) mass is 362 g/mol. The molecule has 4 rings (SSSR count). The molecule has 0 atom stereocenters. The largest absolute Gasteiger partial charge is 0.356 e. The number of hydrogen-bond acceptors (Lipinski definition) is 5. The molecule has 24 heavy (non-hydrogen) atoms. The van der Waals surface area contributed by atoms with Crippen molar-refractivity contribution in [2.45, 2.75) is 19.8 Å². The van der Waals surface area contributed by atoms with Gasteiger partial charge in [-0.25, -0.2) is 15.0 Å². The molecule has 1 aliphatic rings. The molecule has 0 amide bonds. The first-order chi connectivity index (χ1) is 11.6. The lowest BCUT2D eigenvalue weighted by molar-refractivity contribution is 0.435. The van der Waals surface area contributed by atoms with E-state index in [0.717, 1.165) is 37.7 Å². The van der Waals surface area contributed by atoms with Crippen molar-refractivity contribution in [2.24, 2.45) is 5.92 Å². The minimum Gasteiger partial charge on any atom is -0.356 e. The number of nitrogens with zero attached hydrogens (tertiary/aromatic N) is 6. The highest BCUT2D eigenvalue weighted by molar-refractivity contribution is 6.36. The van der Waals surface area contributed by atoms with Gasteiger partial charge < -0.3 is 4.90 Å². The smallest absolute Gasteiger partial charge is 0.159 e. The lowest BCUT2D eigenvalue weighted by Crippen LogP contribution is -2.35. The van der Waals surface area contributed by atoms with E-state index in [0.29, 0.717) is 27.1 Å². The van der Waals surface area contributed by atoms with Crippen LogP contribution in [0.2, 0.25) is 10.2 Å².